The summed E-state index contributed by atoms with van der Waals surface area (Å²) in [5.41, 5.74) is 19.2. The molecule has 15 rings (SSSR count). The first-order chi connectivity index (χ1) is 35.9. The van der Waals surface area contributed by atoms with Gasteiger partial charge in [0.25, 0.3) is 0 Å². The molecule has 8 nitrogen and oxygen atoms in total. The van der Waals surface area contributed by atoms with Crippen LogP contribution in [0.15, 0.2) is 236 Å². The van der Waals surface area contributed by atoms with Gasteiger partial charge in [0.1, 0.15) is 33.4 Å². The molecule has 4 aromatic heterocycles. The summed E-state index contributed by atoms with van der Waals surface area (Å²) in [6.45, 7) is 4.69. The lowest BCUT2D eigenvalue weighted by atomic mass is 9.82. The van der Waals surface area contributed by atoms with Gasteiger partial charge in [-0.25, -0.2) is 9.97 Å². The second-order valence-electron chi connectivity index (χ2n) is 19.4. The Balaban J connectivity index is 0.841. The quantitative estimate of drug-likeness (QED) is 0.149. The molecule has 0 radical (unpaired) electrons. The van der Waals surface area contributed by atoms with E-state index >= 15 is 0 Å². The van der Waals surface area contributed by atoms with Crippen LogP contribution in [-0.2, 0) is 5.41 Å². The maximum absolute atomic E-state index is 6.31. The van der Waals surface area contributed by atoms with Crippen LogP contribution >= 0.6 is 0 Å². The van der Waals surface area contributed by atoms with Gasteiger partial charge in [0.2, 0.25) is 11.8 Å². The molecule has 0 bridgehead atoms. The zero-order valence-electron chi connectivity index (χ0n) is 39.7. The van der Waals surface area contributed by atoms with Crippen molar-refractivity contribution in [2.45, 2.75) is 19.3 Å². The summed E-state index contributed by atoms with van der Waals surface area (Å²) in [5.74, 6) is 1.18. The minimum Gasteiger partial charge on any atom is -0.456 e. The van der Waals surface area contributed by atoms with Crippen molar-refractivity contribution >= 4 is 100 Å². The largest absolute Gasteiger partial charge is 0.456 e. The van der Waals surface area contributed by atoms with E-state index < -0.39 is 0 Å². The van der Waals surface area contributed by atoms with Gasteiger partial charge in [0.05, 0.1) is 0 Å². The molecule has 4 heterocycles. The molecule has 0 amide bonds. The first-order valence-corrected chi connectivity index (χ1v) is 24.5. The van der Waals surface area contributed by atoms with Crippen molar-refractivity contribution in [3.05, 3.63) is 230 Å². The topological polar surface area (TPSA) is 84.8 Å². The third-order valence-corrected chi connectivity index (χ3v) is 14.7. The van der Waals surface area contributed by atoms with E-state index in [9.17, 15) is 0 Å². The van der Waals surface area contributed by atoms with Crippen LogP contribution in [0.3, 0.4) is 0 Å². The second kappa shape index (κ2) is 15.7. The fourth-order valence-electron chi connectivity index (χ4n) is 11.1. The number of benzene rings is 10. The Morgan fingerprint density at radius 2 is 0.671 bits per heavy atom. The molecule has 0 saturated carbocycles. The highest BCUT2D eigenvalue weighted by Crippen LogP contribution is 2.53. The van der Waals surface area contributed by atoms with Crippen molar-refractivity contribution in [3.63, 3.8) is 0 Å². The van der Waals surface area contributed by atoms with Gasteiger partial charge >= 0.3 is 0 Å². The predicted molar refractivity (Wildman–Crippen MR) is 294 cm³/mol. The van der Waals surface area contributed by atoms with Crippen molar-refractivity contribution in [3.8, 4) is 34.0 Å². The Kier molecular flexibility index (Phi) is 8.83. The number of oxazole rings is 2. The molecule has 10 aromatic carbocycles. The van der Waals surface area contributed by atoms with Crippen molar-refractivity contribution in [2.75, 3.05) is 9.80 Å². The second-order valence-corrected chi connectivity index (χ2v) is 19.4. The number of fused-ring (bicyclic) bond motifs is 11. The van der Waals surface area contributed by atoms with Crippen molar-refractivity contribution in [1.82, 2.24) is 9.97 Å². The van der Waals surface area contributed by atoms with Gasteiger partial charge in [-0.05, 0) is 168 Å². The predicted octanol–water partition coefficient (Wildman–Crippen LogP) is 18.3. The van der Waals surface area contributed by atoms with E-state index in [2.05, 4.69) is 169 Å². The van der Waals surface area contributed by atoms with E-state index in [4.69, 9.17) is 27.6 Å². The van der Waals surface area contributed by atoms with Crippen LogP contribution in [0, 0.1) is 0 Å². The highest BCUT2D eigenvalue weighted by molar-refractivity contribution is 6.08. The van der Waals surface area contributed by atoms with Gasteiger partial charge in [-0.2, -0.15) is 0 Å². The Morgan fingerprint density at radius 3 is 1.11 bits per heavy atom. The van der Waals surface area contributed by atoms with Gasteiger partial charge in [0.15, 0.2) is 11.2 Å². The van der Waals surface area contributed by atoms with E-state index in [1.807, 2.05) is 72.8 Å². The number of para-hydroxylation sites is 6. The van der Waals surface area contributed by atoms with Gasteiger partial charge in [-0.1, -0.05) is 86.6 Å². The molecular weight excluding hydrogens is 901 g/mol. The Morgan fingerprint density at radius 1 is 0.315 bits per heavy atom. The molecule has 0 atom stereocenters. The van der Waals surface area contributed by atoms with E-state index in [0.29, 0.717) is 11.8 Å². The smallest absolute Gasteiger partial charge is 0.227 e. The zero-order valence-corrected chi connectivity index (χ0v) is 39.7. The summed E-state index contributed by atoms with van der Waals surface area (Å²) in [6.07, 6.45) is 0. The molecule has 8 heteroatoms. The Hall–Kier alpha value is -9.66. The summed E-state index contributed by atoms with van der Waals surface area (Å²) in [6, 6.07) is 76.0. The molecule has 0 unspecified atom stereocenters. The highest BCUT2D eigenvalue weighted by Gasteiger charge is 2.37. The van der Waals surface area contributed by atoms with Crippen molar-refractivity contribution < 1.29 is 17.7 Å². The average Bonchev–Trinajstić information content (AvgIpc) is 4.27. The number of aromatic nitrogens is 2. The number of furan rings is 2. The Bertz CT molecular complexity index is 4150. The molecular formula is C65H42N4O4. The normalized spacial score (nSPS) is 12.9. The average molecular weight is 943 g/mol. The number of rotatable bonds is 8. The Labute approximate surface area is 418 Å². The summed E-state index contributed by atoms with van der Waals surface area (Å²) >= 11 is 0. The molecule has 73 heavy (non-hydrogen) atoms. The fraction of sp³-hybridized carbons (Fsp3) is 0.0462. The molecule has 346 valence electrons. The van der Waals surface area contributed by atoms with Crippen LogP contribution in [0.25, 0.3) is 100 Å². The minimum absolute atomic E-state index is 0.364. The third-order valence-electron chi connectivity index (χ3n) is 14.7. The van der Waals surface area contributed by atoms with E-state index in [-0.39, 0.29) is 5.41 Å². The molecule has 0 spiro atoms. The van der Waals surface area contributed by atoms with Gasteiger partial charge < -0.3 is 27.5 Å². The molecule has 0 N–H and O–H groups in total. The van der Waals surface area contributed by atoms with Crippen molar-refractivity contribution in [1.29, 1.82) is 0 Å². The first kappa shape index (κ1) is 41.2. The zero-order chi connectivity index (χ0) is 48.4. The number of anilines is 6. The fourth-order valence-corrected chi connectivity index (χ4v) is 11.1. The number of nitrogens with zero attached hydrogens (tertiary/aromatic N) is 4. The standard InChI is InChI=1S/C65H42N4O4/c1-65(2)53-37-45(68(43-29-33-59-51(35-43)49-11-3-7-15-57(49)70-59)41-23-19-39(20-24-41)63-66-55-13-5-9-17-61(55)72-63)27-31-47(53)48-32-28-46(38-54(48)65)69(44-30-34-60-52(36-44)50-12-4-8-16-58(50)71-60)42-25-21-40(22-26-42)64-67-56-14-6-10-18-62(56)73-64/h3-38H,1-2H3. The minimum atomic E-state index is -0.364. The number of hydrogen-bond donors (Lipinski definition) is 0. The number of hydrogen-bond acceptors (Lipinski definition) is 8. The van der Waals surface area contributed by atoms with Crippen LogP contribution in [0.2, 0.25) is 0 Å². The highest BCUT2D eigenvalue weighted by atomic mass is 16.4. The summed E-state index contributed by atoms with van der Waals surface area (Å²) in [7, 11) is 0. The molecule has 1 aliphatic carbocycles. The monoisotopic (exact) mass is 942 g/mol. The van der Waals surface area contributed by atoms with E-state index in [0.717, 1.165) is 111 Å². The molecule has 0 saturated heterocycles. The van der Waals surface area contributed by atoms with Gasteiger partial charge in [0, 0.05) is 72.2 Å². The van der Waals surface area contributed by atoms with Crippen LogP contribution in [0.1, 0.15) is 25.0 Å². The lowest BCUT2D eigenvalue weighted by Gasteiger charge is -2.29. The van der Waals surface area contributed by atoms with Crippen molar-refractivity contribution in [2.24, 2.45) is 0 Å². The molecule has 0 fully saturated rings. The summed E-state index contributed by atoms with van der Waals surface area (Å²) in [5, 5.41) is 4.29. The lowest BCUT2D eigenvalue weighted by Crippen LogP contribution is -2.17. The molecule has 14 aromatic rings. The lowest BCUT2D eigenvalue weighted by molar-refractivity contribution is 0.619. The maximum atomic E-state index is 6.31. The van der Waals surface area contributed by atoms with Crippen LogP contribution in [-0.4, -0.2) is 9.97 Å². The van der Waals surface area contributed by atoms with Crippen LogP contribution in [0.5, 0.6) is 0 Å². The molecule has 1 aliphatic rings. The molecule has 0 aliphatic heterocycles. The van der Waals surface area contributed by atoms with Crippen LogP contribution < -0.4 is 9.80 Å². The van der Waals surface area contributed by atoms with Gasteiger partial charge in [-0.3, -0.25) is 0 Å². The first-order valence-electron chi connectivity index (χ1n) is 24.5. The SMILES string of the molecule is CC1(C)c2cc(N(c3ccc(-c4nc5ccccc5o4)cc3)c3ccc4oc5ccccc5c4c3)ccc2-c2ccc(N(c3ccc(-c4nc5ccccc5o4)cc3)c3ccc4oc5ccccc5c4c3)cc21. The summed E-state index contributed by atoms with van der Waals surface area (Å²) in [4.78, 5) is 14.3. The summed E-state index contributed by atoms with van der Waals surface area (Å²) < 4.78 is 25.0. The maximum Gasteiger partial charge on any atom is 0.227 e. The third kappa shape index (κ3) is 6.54. The van der Waals surface area contributed by atoms with Gasteiger partial charge in [-0.15, -0.1) is 0 Å². The van der Waals surface area contributed by atoms with E-state index in [1.54, 1.807) is 0 Å². The van der Waals surface area contributed by atoms with Crippen LogP contribution in [0.4, 0.5) is 34.1 Å². The van der Waals surface area contributed by atoms with E-state index in [1.165, 1.54) is 22.3 Å².